The Hall–Kier alpha value is -1.61. The van der Waals surface area contributed by atoms with E-state index >= 15 is 0 Å². The molecule has 0 aliphatic rings. The first kappa shape index (κ1) is 12.8. The molecular formula is C15H12BrFO. The number of hydrogen-bond acceptors (Lipinski definition) is 1. The molecule has 0 saturated carbocycles. The maximum atomic E-state index is 14.0. The van der Waals surface area contributed by atoms with Crippen molar-refractivity contribution in [1.82, 2.24) is 0 Å². The van der Waals surface area contributed by atoms with E-state index in [2.05, 4.69) is 15.9 Å². The Morgan fingerprint density at radius 1 is 1.22 bits per heavy atom. The zero-order chi connectivity index (χ0) is 13.1. The predicted molar refractivity (Wildman–Crippen MR) is 76.0 cm³/mol. The van der Waals surface area contributed by atoms with Gasteiger partial charge < -0.3 is 5.11 Å². The summed E-state index contributed by atoms with van der Waals surface area (Å²) in [4.78, 5) is 0. The van der Waals surface area contributed by atoms with Gasteiger partial charge in [-0.15, -0.1) is 0 Å². The summed E-state index contributed by atoms with van der Waals surface area (Å²) in [6.07, 6.45) is 1.47. The quantitative estimate of drug-likeness (QED) is 0.780. The summed E-state index contributed by atoms with van der Waals surface area (Å²) in [5.41, 5.74) is 2.16. The minimum atomic E-state index is -0.368. The van der Waals surface area contributed by atoms with E-state index in [9.17, 15) is 9.50 Å². The van der Waals surface area contributed by atoms with Crippen LogP contribution in [0.25, 0.3) is 11.9 Å². The van der Waals surface area contributed by atoms with Gasteiger partial charge in [0.05, 0.1) is 0 Å². The average Bonchev–Trinajstić information content (AvgIpc) is 2.35. The first-order valence-corrected chi connectivity index (χ1v) is 6.29. The first-order chi connectivity index (χ1) is 8.58. The second-order valence-electron chi connectivity index (χ2n) is 4.00. The van der Waals surface area contributed by atoms with Crippen LogP contribution in [0.15, 0.2) is 46.9 Å². The van der Waals surface area contributed by atoms with Gasteiger partial charge in [0.1, 0.15) is 11.6 Å². The number of hydrogen-bond donors (Lipinski definition) is 1. The van der Waals surface area contributed by atoms with E-state index in [1.54, 1.807) is 12.1 Å². The summed E-state index contributed by atoms with van der Waals surface area (Å²) in [5.74, 6) is -0.311. The van der Waals surface area contributed by atoms with Crippen molar-refractivity contribution < 1.29 is 9.50 Å². The van der Waals surface area contributed by atoms with Gasteiger partial charge in [0.15, 0.2) is 0 Å². The van der Waals surface area contributed by atoms with E-state index in [0.29, 0.717) is 5.56 Å². The summed E-state index contributed by atoms with van der Waals surface area (Å²) in [6.45, 7) is 1.92. The smallest absolute Gasteiger partial charge is 0.131 e. The standard InChI is InChI=1S/C15H12BrFO/c1-10-11(4-3-7-14(10)16)9-15(17)12-5-2-6-13(18)8-12/h2-9,18H,1H3/b15-9-. The molecule has 0 fully saturated rings. The summed E-state index contributed by atoms with van der Waals surface area (Å²) < 4.78 is 15.0. The summed E-state index contributed by atoms with van der Waals surface area (Å²) >= 11 is 3.41. The Morgan fingerprint density at radius 3 is 2.67 bits per heavy atom. The molecule has 2 aromatic rings. The Labute approximate surface area is 114 Å². The van der Waals surface area contributed by atoms with Crippen molar-refractivity contribution in [2.45, 2.75) is 6.92 Å². The van der Waals surface area contributed by atoms with Crippen LogP contribution in [-0.4, -0.2) is 5.11 Å². The average molecular weight is 307 g/mol. The number of benzene rings is 2. The molecule has 0 bridgehead atoms. The molecule has 0 atom stereocenters. The number of rotatable bonds is 2. The Morgan fingerprint density at radius 2 is 1.94 bits per heavy atom. The van der Waals surface area contributed by atoms with Crippen LogP contribution in [0, 0.1) is 6.92 Å². The molecule has 0 radical (unpaired) electrons. The molecule has 0 aliphatic carbocycles. The Balaban J connectivity index is 2.42. The lowest BCUT2D eigenvalue weighted by molar-refractivity contribution is 0.475. The Kier molecular flexibility index (Phi) is 3.82. The maximum Gasteiger partial charge on any atom is 0.131 e. The van der Waals surface area contributed by atoms with Crippen LogP contribution in [0.5, 0.6) is 5.75 Å². The number of phenolic OH excluding ortho intramolecular Hbond substituents is 1. The number of phenols is 1. The molecule has 0 saturated heterocycles. The minimum absolute atomic E-state index is 0.0574. The highest BCUT2D eigenvalue weighted by Gasteiger charge is 2.04. The Bertz CT molecular complexity index is 605. The van der Waals surface area contributed by atoms with Crippen LogP contribution in [0.4, 0.5) is 4.39 Å². The van der Waals surface area contributed by atoms with Crippen LogP contribution in [0.1, 0.15) is 16.7 Å². The lowest BCUT2D eigenvalue weighted by Gasteiger charge is -2.04. The molecule has 3 heteroatoms. The van der Waals surface area contributed by atoms with E-state index in [4.69, 9.17) is 0 Å². The second-order valence-corrected chi connectivity index (χ2v) is 4.85. The third kappa shape index (κ3) is 2.79. The van der Waals surface area contributed by atoms with Crippen molar-refractivity contribution in [2.75, 3.05) is 0 Å². The fourth-order valence-electron chi connectivity index (χ4n) is 1.65. The van der Waals surface area contributed by atoms with Crippen molar-refractivity contribution >= 4 is 27.8 Å². The van der Waals surface area contributed by atoms with Gasteiger partial charge in [0, 0.05) is 10.0 Å². The van der Waals surface area contributed by atoms with E-state index in [1.165, 1.54) is 18.2 Å². The van der Waals surface area contributed by atoms with Crippen molar-refractivity contribution in [1.29, 1.82) is 0 Å². The van der Waals surface area contributed by atoms with Gasteiger partial charge in [-0.2, -0.15) is 0 Å². The fourth-order valence-corrected chi connectivity index (χ4v) is 2.04. The second kappa shape index (κ2) is 5.36. The third-order valence-corrected chi connectivity index (χ3v) is 3.57. The zero-order valence-corrected chi connectivity index (χ0v) is 11.4. The number of halogens is 2. The van der Waals surface area contributed by atoms with E-state index < -0.39 is 0 Å². The molecule has 1 N–H and O–H groups in total. The molecule has 92 valence electrons. The first-order valence-electron chi connectivity index (χ1n) is 5.49. The highest BCUT2D eigenvalue weighted by molar-refractivity contribution is 9.10. The lowest BCUT2D eigenvalue weighted by atomic mass is 10.1. The number of aromatic hydroxyl groups is 1. The van der Waals surface area contributed by atoms with Crippen molar-refractivity contribution in [3.63, 3.8) is 0 Å². The van der Waals surface area contributed by atoms with Gasteiger partial charge in [0.2, 0.25) is 0 Å². The van der Waals surface area contributed by atoms with Crippen LogP contribution >= 0.6 is 15.9 Å². The molecule has 2 aromatic carbocycles. The summed E-state index contributed by atoms with van der Waals surface area (Å²) in [7, 11) is 0. The van der Waals surface area contributed by atoms with Crippen molar-refractivity contribution in [2.24, 2.45) is 0 Å². The summed E-state index contributed by atoms with van der Waals surface area (Å²) in [5, 5.41) is 9.33. The molecule has 0 spiro atoms. The van der Waals surface area contributed by atoms with E-state index in [0.717, 1.165) is 15.6 Å². The molecule has 0 amide bonds. The molecule has 1 nitrogen and oxygen atoms in total. The van der Waals surface area contributed by atoms with Gasteiger partial charge in [-0.05, 0) is 42.3 Å². The van der Waals surface area contributed by atoms with Crippen LogP contribution < -0.4 is 0 Å². The zero-order valence-electron chi connectivity index (χ0n) is 9.82. The lowest BCUT2D eigenvalue weighted by Crippen LogP contribution is -1.84. The van der Waals surface area contributed by atoms with Gasteiger partial charge in [-0.25, -0.2) is 4.39 Å². The van der Waals surface area contributed by atoms with E-state index in [-0.39, 0.29) is 11.6 Å². The van der Waals surface area contributed by atoms with Gasteiger partial charge in [0.25, 0.3) is 0 Å². The highest BCUT2D eigenvalue weighted by atomic mass is 79.9. The van der Waals surface area contributed by atoms with E-state index in [1.807, 2.05) is 25.1 Å². The minimum Gasteiger partial charge on any atom is -0.508 e. The maximum absolute atomic E-state index is 14.0. The normalized spacial score (nSPS) is 11.6. The summed E-state index contributed by atoms with van der Waals surface area (Å²) in [6, 6.07) is 11.8. The molecule has 0 aliphatic heterocycles. The molecule has 2 rings (SSSR count). The van der Waals surface area contributed by atoms with Crippen LogP contribution in [0.3, 0.4) is 0 Å². The fraction of sp³-hybridized carbons (Fsp3) is 0.0667. The monoisotopic (exact) mass is 306 g/mol. The van der Waals surface area contributed by atoms with Crippen molar-refractivity contribution in [3.05, 3.63) is 63.6 Å². The van der Waals surface area contributed by atoms with Crippen LogP contribution in [-0.2, 0) is 0 Å². The van der Waals surface area contributed by atoms with Crippen LogP contribution in [0.2, 0.25) is 0 Å². The molecule has 0 aromatic heterocycles. The highest BCUT2D eigenvalue weighted by Crippen LogP contribution is 2.26. The van der Waals surface area contributed by atoms with Crippen molar-refractivity contribution in [3.8, 4) is 5.75 Å². The third-order valence-electron chi connectivity index (χ3n) is 2.71. The van der Waals surface area contributed by atoms with Gasteiger partial charge in [-0.3, -0.25) is 0 Å². The molecule has 0 heterocycles. The molecular weight excluding hydrogens is 295 g/mol. The van der Waals surface area contributed by atoms with Gasteiger partial charge >= 0.3 is 0 Å². The molecule has 0 unspecified atom stereocenters. The topological polar surface area (TPSA) is 20.2 Å². The predicted octanol–water partition coefficient (Wildman–Crippen LogP) is 4.93. The van der Waals surface area contributed by atoms with Gasteiger partial charge in [-0.1, -0.05) is 40.2 Å². The largest absolute Gasteiger partial charge is 0.508 e. The molecule has 18 heavy (non-hydrogen) atoms. The SMILES string of the molecule is Cc1c(Br)cccc1/C=C(\F)c1cccc(O)c1.